The van der Waals surface area contributed by atoms with Crippen LogP contribution in [0.3, 0.4) is 0 Å². The van der Waals surface area contributed by atoms with E-state index in [0.29, 0.717) is 11.4 Å². The highest BCUT2D eigenvalue weighted by Gasteiger charge is 2.18. The Bertz CT molecular complexity index is 1150. The van der Waals surface area contributed by atoms with Crippen LogP contribution in [0.15, 0.2) is 66.7 Å². The van der Waals surface area contributed by atoms with Crippen molar-refractivity contribution in [2.75, 3.05) is 6.61 Å². The Labute approximate surface area is 171 Å². The smallest absolute Gasteiger partial charge is 0.348 e. The molecule has 7 heteroatoms. The number of carbonyl (C=O) groups excluding carboxylic acids is 2. The van der Waals surface area contributed by atoms with Crippen LogP contribution in [0, 0.1) is 6.92 Å². The number of aryl methyl sites for hydroxylation is 1. The van der Waals surface area contributed by atoms with Crippen LogP contribution in [-0.2, 0) is 16.1 Å². The predicted molar refractivity (Wildman–Crippen MR) is 112 cm³/mol. The Morgan fingerprint density at radius 1 is 1.07 bits per heavy atom. The van der Waals surface area contributed by atoms with E-state index in [9.17, 15) is 9.59 Å². The lowest BCUT2D eigenvalue weighted by atomic mass is 10.2. The Morgan fingerprint density at radius 3 is 2.48 bits per heavy atom. The van der Waals surface area contributed by atoms with Gasteiger partial charge in [0.15, 0.2) is 6.61 Å². The zero-order valence-corrected chi connectivity index (χ0v) is 16.6. The summed E-state index contributed by atoms with van der Waals surface area (Å²) in [5, 5.41) is 8.20. The van der Waals surface area contributed by atoms with Gasteiger partial charge in [-0.1, -0.05) is 48.5 Å². The van der Waals surface area contributed by atoms with Crippen LogP contribution in [0.4, 0.5) is 0 Å². The average molecular weight is 405 g/mol. The number of hydrogen-bond donors (Lipinski definition) is 1. The summed E-state index contributed by atoms with van der Waals surface area (Å²) in [4.78, 5) is 25.7. The molecule has 0 saturated heterocycles. The molecule has 1 amide bonds. The Balaban J connectivity index is 1.42. The number of hydrogen-bond acceptors (Lipinski definition) is 5. The molecule has 1 N–H and O–H groups in total. The second-order valence-electron chi connectivity index (χ2n) is 6.50. The molecule has 0 aliphatic carbocycles. The summed E-state index contributed by atoms with van der Waals surface area (Å²) >= 11 is 1.30. The number of carbonyl (C=O) groups is 2. The van der Waals surface area contributed by atoms with Crippen molar-refractivity contribution in [2.24, 2.45) is 0 Å². The van der Waals surface area contributed by atoms with Crippen molar-refractivity contribution in [2.45, 2.75) is 13.5 Å². The van der Waals surface area contributed by atoms with Crippen LogP contribution in [0.5, 0.6) is 0 Å². The second kappa shape index (κ2) is 8.28. The second-order valence-corrected chi connectivity index (χ2v) is 7.53. The third kappa shape index (κ3) is 4.20. The molecule has 0 bridgehead atoms. The molecule has 0 saturated carbocycles. The number of nitrogens with zero attached hydrogens (tertiary/aromatic N) is 2. The molecule has 0 spiro atoms. The molecule has 0 unspecified atom stereocenters. The number of esters is 1. The minimum atomic E-state index is -0.514. The van der Waals surface area contributed by atoms with Gasteiger partial charge in [0.2, 0.25) is 0 Å². The van der Waals surface area contributed by atoms with Crippen molar-refractivity contribution >= 4 is 33.4 Å². The van der Waals surface area contributed by atoms with Crippen LogP contribution < -0.4 is 5.32 Å². The summed E-state index contributed by atoms with van der Waals surface area (Å²) in [5.74, 6) is -0.852. The molecule has 0 atom stereocenters. The molecule has 4 rings (SSSR count). The Hall–Kier alpha value is -3.45. The first-order chi connectivity index (χ1) is 14.1. The number of aromatic nitrogens is 2. The molecule has 0 fully saturated rings. The lowest BCUT2D eigenvalue weighted by Crippen LogP contribution is -2.28. The molecule has 0 aliphatic heterocycles. The lowest BCUT2D eigenvalue weighted by Gasteiger charge is -2.06. The maximum Gasteiger partial charge on any atom is 0.348 e. The molecule has 2 aromatic heterocycles. The molecule has 0 radical (unpaired) electrons. The highest BCUT2D eigenvalue weighted by atomic mass is 32.1. The van der Waals surface area contributed by atoms with E-state index in [1.54, 1.807) is 6.07 Å². The normalized spacial score (nSPS) is 10.8. The number of fused-ring (bicyclic) bond motifs is 1. The highest BCUT2D eigenvalue weighted by Crippen LogP contribution is 2.30. The maximum atomic E-state index is 12.4. The predicted octanol–water partition coefficient (Wildman–Crippen LogP) is 3.87. The zero-order valence-electron chi connectivity index (χ0n) is 15.8. The lowest BCUT2D eigenvalue weighted by molar-refractivity contribution is -0.124. The van der Waals surface area contributed by atoms with Gasteiger partial charge in [-0.3, -0.25) is 4.79 Å². The van der Waals surface area contributed by atoms with Gasteiger partial charge in [0.25, 0.3) is 5.91 Å². The van der Waals surface area contributed by atoms with E-state index in [0.717, 1.165) is 27.2 Å². The summed E-state index contributed by atoms with van der Waals surface area (Å²) in [6.45, 7) is 1.98. The van der Waals surface area contributed by atoms with Gasteiger partial charge in [0.1, 0.15) is 9.71 Å². The van der Waals surface area contributed by atoms with Crippen LogP contribution >= 0.6 is 11.3 Å². The minimum absolute atomic E-state index is 0.316. The van der Waals surface area contributed by atoms with E-state index < -0.39 is 5.97 Å². The molecule has 2 heterocycles. The minimum Gasteiger partial charge on any atom is -0.451 e. The van der Waals surface area contributed by atoms with Crippen molar-refractivity contribution in [3.63, 3.8) is 0 Å². The van der Waals surface area contributed by atoms with E-state index >= 15 is 0 Å². The van der Waals surface area contributed by atoms with Crippen LogP contribution in [0.1, 0.15) is 20.9 Å². The van der Waals surface area contributed by atoms with Gasteiger partial charge in [-0.25, -0.2) is 9.48 Å². The molecular weight excluding hydrogens is 386 g/mol. The van der Waals surface area contributed by atoms with E-state index in [1.165, 1.54) is 11.3 Å². The molecule has 6 nitrogen and oxygen atoms in total. The average Bonchev–Trinajstić information content (AvgIpc) is 3.32. The van der Waals surface area contributed by atoms with Gasteiger partial charge in [-0.2, -0.15) is 5.10 Å². The topological polar surface area (TPSA) is 73.2 Å². The fourth-order valence-corrected chi connectivity index (χ4v) is 4.02. The number of rotatable bonds is 6. The van der Waals surface area contributed by atoms with Gasteiger partial charge >= 0.3 is 5.97 Å². The van der Waals surface area contributed by atoms with Gasteiger partial charge in [0, 0.05) is 11.9 Å². The first-order valence-corrected chi connectivity index (χ1v) is 9.96. The number of amides is 1. The Kier molecular flexibility index (Phi) is 5.39. The number of thiophene rings is 1. The van der Waals surface area contributed by atoms with Gasteiger partial charge < -0.3 is 10.1 Å². The Morgan fingerprint density at radius 2 is 1.76 bits per heavy atom. The molecule has 146 valence electrons. The summed E-state index contributed by atoms with van der Waals surface area (Å²) in [5.41, 5.74) is 2.74. The summed E-state index contributed by atoms with van der Waals surface area (Å²) in [6, 6.07) is 21.1. The number of benzene rings is 2. The van der Waals surface area contributed by atoms with E-state index in [-0.39, 0.29) is 12.5 Å². The summed E-state index contributed by atoms with van der Waals surface area (Å²) in [7, 11) is 0. The first kappa shape index (κ1) is 18.9. The monoisotopic (exact) mass is 405 g/mol. The van der Waals surface area contributed by atoms with Crippen molar-refractivity contribution < 1.29 is 14.3 Å². The fourth-order valence-electron chi connectivity index (χ4n) is 2.94. The third-order valence-electron chi connectivity index (χ3n) is 4.41. The zero-order chi connectivity index (χ0) is 20.2. The molecule has 29 heavy (non-hydrogen) atoms. The SMILES string of the molecule is Cc1nn(-c2ccccc2)c2sc(C(=O)OCC(=O)NCc3ccccc3)cc12. The first-order valence-electron chi connectivity index (χ1n) is 9.14. The molecule has 2 aromatic carbocycles. The van der Waals surface area contributed by atoms with Crippen molar-refractivity contribution in [1.29, 1.82) is 0 Å². The largest absolute Gasteiger partial charge is 0.451 e. The van der Waals surface area contributed by atoms with E-state index in [4.69, 9.17) is 4.74 Å². The van der Waals surface area contributed by atoms with E-state index in [1.807, 2.05) is 72.3 Å². The van der Waals surface area contributed by atoms with Gasteiger partial charge in [-0.05, 0) is 30.7 Å². The molecule has 0 aliphatic rings. The summed E-state index contributed by atoms with van der Waals surface area (Å²) < 4.78 is 7.01. The number of para-hydroxylation sites is 1. The fraction of sp³-hybridized carbons (Fsp3) is 0.136. The van der Waals surface area contributed by atoms with Crippen molar-refractivity contribution in [3.8, 4) is 5.69 Å². The number of nitrogens with one attached hydrogen (secondary N) is 1. The van der Waals surface area contributed by atoms with Gasteiger partial charge in [0.05, 0.1) is 11.4 Å². The third-order valence-corrected chi connectivity index (χ3v) is 5.50. The standard InChI is InChI=1S/C22H19N3O3S/c1-15-18-12-19(29-21(18)25(24-15)17-10-6-3-7-11-17)22(27)28-14-20(26)23-13-16-8-4-2-5-9-16/h2-12H,13-14H2,1H3,(H,23,26). The molecular formula is C22H19N3O3S. The van der Waals surface area contributed by atoms with Crippen molar-refractivity contribution in [3.05, 3.63) is 82.9 Å². The number of ether oxygens (including phenoxy) is 1. The van der Waals surface area contributed by atoms with Crippen molar-refractivity contribution in [1.82, 2.24) is 15.1 Å². The highest BCUT2D eigenvalue weighted by molar-refractivity contribution is 7.20. The van der Waals surface area contributed by atoms with Crippen LogP contribution in [0.2, 0.25) is 0 Å². The maximum absolute atomic E-state index is 12.4. The van der Waals surface area contributed by atoms with Crippen LogP contribution in [-0.4, -0.2) is 28.3 Å². The van der Waals surface area contributed by atoms with E-state index in [2.05, 4.69) is 10.4 Å². The quantitative estimate of drug-likeness (QED) is 0.494. The molecule has 4 aromatic rings. The van der Waals surface area contributed by atoms with Gasteiger partial charge in [-0.15, -0.1) is 11.3 Å². The summed E-state index contributed by atoms with van der Waals surface area (Å²) in [6.07, 6.45) is 0. The van der Waals surface area contributed by atoms with Crippen LogP contribution in [0.25, 0.3) is 15.9 Å².